The lowest BCUT2D eigenvalue weighted by Gasteiger charge is -2.55. The third kappa shape index (κ3) is 4.86. The number of hydrogen-bond donors (Lipinski definition) is 0. The molecule has 3 saturated heterocycles. The van der Waals surface area contributed by atoms with Gasteiger partial charge in [0, 0.05) is 81.1 Å². The number of alkyl halides is 3. The molecule has 5 aliphatic rings. The SMILES string of the molecule is C=CC(=O)N1CCN(C2CN3c4cc(N5CC[C@]6(C[C@H]5C)OCC(I)n5ncc(C)c56)nc(C(F)F)c4CCCC23)CC1. The summed E-state index contributed by atoms with van der Waals surface area (Å²) in [5, 5.41) is 4.64. The molecule has 3 fully saturated rings. The van der Waals surface area contributed by atoms with Crippen molar-refractivity contribution in [3.63, 3.8) is 0 Å². The monoisotopic (exact) mass is 707 g/mol. The molecule has 0 aromatic carbocycles. The van der Waals surface area contributed by atoms with Crippen molar-refractivity contribution >= 4 is 40.0 Å². The van der Waals surface area contributed by atoms with Crippen LogP contribution in [-0.2, 0) is 21.6 Å². The Labute approximate surface area is 265 Å². The molecule has 0 radical (unpaired) electrons. The fourth-order valence-corrected chi connectivity index (χ4v) is 8.90. The van der Waals surface area contributed by atoms with Gasteiger partial charge in [0.05, 0.1) is 18.5 Å². The van der Waals surface area contributed by atoms with Crippen LogP contribution < -0.4 is 9.80 Å². The first-order valence-electron chi connectivity index (χ1n) is 15.5. The summed E-state index contributed by atoms with van der Waals surface area (Å²) in [5.41, 5.74) is 3.45. The first-order chi connectivity index (χ1) is 20.7. The second-order valence-electron chi connectivity index (χ2n) is 12.8. The third-order valence-electron chi connectivity index (χ3n) is 10.4. The minimum absolute atomic E-state index is 0.0132. The molecule has 0 bridgehead atoms. The van der Waals surface area contributed by atoms with Crippen LogP contribution in [0.25, 0.3) is 0 Å². The number of nitrogens with zero attached hydrogens (tertiary/aromatic N) is 7. The fourth-order valence-electron chi connectivity index (χ4n) is 8.30. The first kappa shape index (κ1) is 29.4. The van der Waals surface area contributed by atoms with Crippen molar-refractivity contribution in [1.82, 2.24) is 24.6 Å². The number of halogens is 3. The molecule has 12 heteroatoms. The fraction of sp³-hybridized carbons (Fsp3) is 0.645. The number of ether oxygens (including phenoxy) is 1. The van der Waals surface area contributed by atoms with E-state index in [1.165, 1.54) is 6.08 Å². The van der Waals surface area contributed by atoms with E-state index in [0.717, 1.165) is 62.3 Å². The van der Waals surface area contributed by atoms with Crippen LogP contribution in [-0.4, -0.2) is 94.5 Å². The highest BCUT2D eigenvalue weighted by atomic mass is 127. The quantitative estimate of drug-likeness (QED) is 0.262. The molecular formula is C31H40F2IN7O2. The average Bonchev–Trinajstić information content (AvgIpc) is 3.34. The number of anilines is 2. The van der Waals surface area contributed by atoms with Gasteiger partial charge in [0.2, 0.25) is 5.91 Å². The number of piperazine rings is 1. The minimum atomic E-state index is -2.62. The Morgan fingerprint density at radius 1 is 1.21 bits per heavy atom. The van der Waals surface area contributed by atoms with Gasteiger partial charge in [-0.25, -0.2) is 13.8 Å². The molecule has 43 heavy (non-hydrogen) atoms. The largest absolute Gasteiger partial charge is 0.365 e. The Bertz CT molecular complexity index is 1410. The Hall–Kier alpha value is -2.32. The predicted octanol–water partition coefficient (Wildman–Crippen LogP) is 4.60. The van der Waals surface area contributed by atoms with E-state index in [1.807, 2.05) is 11.1 Å². The maximum absolute atomic E-state index is 14.6. The smallest absolute Gasteiger partial charge is 0.280 e. The molecule has 2 aromatic rings. The molecular weight excluding hydrogens is 667 g/mol. The van der Waals surface area contributed by atoms with Crippen LogP contribution >= 0.6 is 22.6 Å². The van der Waals surface area contributed by atoms with Crippen LogP contribution in [0.2, 0.25) is 0 Å². The Morgan fingerprint density at radius 3 is 2.72 bits per heavy atom. The number of fused-ring (bicyclic) bond motifs is 5. The molecule has 0 saturated carbocycles. The highest BCUT2D eigenvalue weighted by Gasteiger charge is 2.49. The second-order valence-corrected chi connectivity index (χ2v) is 14.2. The van der Waals surface area contributed by atoms with Gasteiger partial charge in [0.1, 0.15) is 21.2 Å². The summed E-state index contributed by atoms with van der Waals surface area (Å²) in [5.74, 6) is 0.630. The summed E-state index contributed by atoms with van der Waals surface area (Å²) in [6.07, 6.45) is 4.65. The number of piperidine rings is 1. The summed E-state index contributed by atoms with van der Waals surface area (Å²) in [6.45, 7) is 13.0. The summed E-state index contributed by atoms with van der Waals surface area (Å²) < 4.78 is 38.0. The van der Waals surface area contributed by atoms with Crippen LogP contribution in [0.4, 0.5) is 20.3 Å². The molecule has 232 valence electrons. The van der Waals surface area contributed by atoms with E-state index in [2.05, 4.69) is 78.5 Å². The van der Waals surface area contributed by atoms with E-state index in [-0.39, 0.29) is 27.7 Å². The van der Waals surface area contributed by atoms with Gasteiger partial charge >= 0.3 is 0 Å². The molecule has 0 aliphatic carbocycles. The van der Waals surface area contributed by atoms with Gasteiger partial charge < -0.3 is 19.4 Å². The highest BCUT2D eigenvalue weighted by molar-refractivity contribution is 14.1. The van der Waals surface area contributed by atoms with Gasteiger partial charge in [-0.3, -0.25) is 14.4 Å². The average molecular weight is 708 g/mol. The maximum atomic E-state index is 14.6. The van der Waals surface area contributed by atoms with Crippen LogP contribution in [0.3, 0.4) is 0 Å². The van der Waals surface area contributed by atoms with Crippen LogP contribution in [0.1, 0.15) is 65.6 Å². The van der Waals surface area contributed by atoms with Crippen molar-refractivity contribution in [3.05, 3.63) is 47.4 Å². The first-order valence-corrected chi connectivity index (χ1v) is 16.8. The third-order valence-corrected chi connectivity index (χ3v) is 11.3. The Balaban J connectivity index is 1.14. The van der Waals surface area contributed by atoms with E-state index < -0.39 is 12.0 Å². The summed E-state index contributed by atoms with van der Waals surface area (Å²) in [6, 6.07) is 2.79. The van der Waals surface area contributed by atoms with E-state index in [9.17, 15) is 13.6 Å². The number of hydrogen-bond acceptors (Lipinski definition) is 7. The van der Waals surface area contributed by atoms with Crippen molar-refractivity contribution in [2.45, 2.75) is 80.2 Å². The number of rotatable bonds is 4. The van der Waals surface area contributed by atoms with Gasteiger partial charge in [0.25, 0.3) is 6.43 Å². The maximum Gasteiger partial charge on any atom is 0.280 e. The highest BCUT2D eigenvalue weighted by Crippen LogP contribution is 2.48. The zero-order valence-electron chi connectivity index (χ0n) is 24.9. The Morgan fingerprint density at radius 2 is 2.00 bits per heavy atom. The van der Waals surface area contributed by atoms with Gasteiger partial charge in [0.15, 0.2) is 0 Å². The molecule has 7 rings (SSSR count). The van der Waals surface area contributed by atoms with Crippen LogP contribution in [0.15, 0.2) is 24.9 Å². The summed E-state index contributed by atoms with van der Waals surface area (Å²) in [7, 11) is 0. The molecule has 5 atom stereocenters. The van der Waals surface area contributed by atoms with Crippen molar-refractivity contribution in [2.24, 2.45) is 0 Å². The normalized spacial score (nSPS) is 30.9. The molecule has 1 spiro atoms. The van der Waals surface area contributed by atoms with Crippen molar-refractivity contribution < 1.29 is 18.3 Å². The van der Waals surface area contributed by atoms with E-state index >= 15 is 0 Å². The van der Waals surface area contributed by atoms with Gasteiger partial charge in [-0.05, 0) is 51.2 Å². The molecule has 1 amide bonds. The molecule has 7 heterocycles. The standard InChI is InChI=1S/C31H40F2IN7O2/c1-4-27(42)38-12-10-37(11-13-38)24-17-40-22(24)7-5-6-21-23(40)14-26(36-28(21)30(32)33)39-9-8-31(15-20(39)3)29-19(2)16-35-41(29)25(34)18-43-31/h4,14,16,20,22,24-25,30H,1,5-13,15,17-18H2,2-3H3/t20-,22?,24?,25?,31-/m1/s1. The summed E-state index contributed by atoms with van der Waals surface area (Å²) >= 11 is 2.38. The molecule has 2 aromatic heterocycles. The zero-order chi connectivity index (χ0) is 30.0. The molecule has 3 unspecified atom stereocenters. The number of carbonyl (C=O) groups is 1. The van der Waals surface area contributed by atoms with Crippen molar-refractivity contribution in [1.29, 1.82) is 0 Å². The summed E-state index contributed by atoms with van der Waals surface area (Å²) in [4.78, 5) is 25.6. The Kier molecular flexibility index (Phi) is 7.68. The zero-order valence-corrected chi connectivity index (χ0v) is 27.0. The number of aryl methyl sites for hydroxylation is 1. The van der Waals surface area contributed by atoms with Crippen LogP contribution in [0, 0.1) is 6.92 Å². The second kappa shape index (κ2) is 11.2. The van der Waals surface area contributed by atoms with Crippen molar-refractivity contribution in [2.75, 3.05) is 55.7 Å². The predicted molar refractivity (Wildman–Crippen MR) is 169 cm³/mol. The lowest BCUT2D eigenvalue weighted by Crippen LogP contribution is -2.69. The molecule has 5 aliphatic heterocycles. The molecule has 0 N–H and O–H groups in total. The number of amides is 1. The van der Waals surface area contributed by atoms with Gasteiger partial charge in [-0.15, -0.1) is 0 Å². The van der Waals surface area contributed by atoms with Gasteiger partial charge in [-0.1, -0.05) is 29.2 Å². The minimum Gasteiger partial charge on any atom is -0.365 e. The van der Waals surface area contributed by atoms with Crippen molar-refractivity contribution in [3.8, 4) is 0 Å². The number of pyridine rings is 1. The van der Waals surface area contributed by atoms with E-state index in [4.69, 9.17) is 4.74 Å². The van der Waals surface area contributed by atoms with Gasteiger partial charge in [-0.2, -0.15) is 5.10 Å². The van der Waals surface area contributed by atoms with Crippen LogP contribution in [0.5, 0.6) is 0 Å². The number of aromatic nitrogens is 3. The van der Waals surface area contributed by atoms with E-state index in [0.29, 0.717) is 50.1 Å². The molecule has 9 nitrogen and oxygen atoms in total. The topological polar surface area (TPSA) is 70.0 Å². The lowest BCUT2D eigenvalue weighted by molar-refractivity contribution is -0.128. The lowest BCUT2D eigenvalue weighted by atomic mass is 9.81. The van der Waals surface area contributed by atoms with E-state index in [1.54, 1.807) is 0 Å². The number of carbonyl (C=O) groups excluding carboxylic acids is 1.